The van der Waals surface area contributed by atoms with Gasteiger partial charge < -0.3 is 0 Å². The second-order valence-electron chi connectivity index (χ2n) is 3.23. The third-order valence-electron chi connectivity index (χ3n) is 2.05. The zero-order chi connectivity index (χ0) is 11.1. The molecule has 1 radical (unpaired) electrons. The van der Waals surface area contributed by atoms with Crippen molar-refractivity contribution in [2.45, 2.75) is 19.3 Å². The Balaban J connectivity index is 2.58. The molecule has 0 heterocycles. The van der Waals surface area contributed by atoms with Crippen molar-refractivity contribution in [2.24, 2.45) is 0 Å². The van der Waals surface area contributed by atoms with Crippen LogP contribution in [0.15, 0.2) is 36.4 Å². The van der Waals surface area contributed by atoms with Crippen LogP contribution in [0.4, 0.5) is 5.69 Å². The van der Waals surface area contributed by atoms with Gasteiger partial charge in [0.15, 0.2) is 0 Å². The standard InChI is InChI=1S/C12H14NO2/c1-2-3-4-5-7-11-8-6-9-12(10-11)13(14)15/h3-4,6,8-10H,1-2,5,7H2/b4-3+. The van der Waals surface area contributed by atoms with Crippen LogP contribution in [-0.4, -0.2) is 4.92 Å². The molecule has 0 saturated carbocycles. The van der Waals surface area contributed by atoms with E-state index in [9.17, 15) is 10.1 Å². The van der Waals surface area contributed by atoms with Gasteiger partial charge in [0.05, 0.1) is 4.92 Å². The summed E-state index contributed by atoms with van der Waals surface area (Å²) in [5.41, 5.74) is 1.16. The number of benzene rings is 1. The molecule has 1 aromatic rings. The number of hydrogen-bond donors (Lipinski definition) is 0. The zero-order valence-electron chi connectivity index (χ0n) is 8.56. The monoisotopic (exact) mass is 204 g/mol. The number of rotatable bonds is 5. The van der Waals surface area contributed by atoms with Gasteiger partial charge in [-0.25, -0.2) is 0 Å². The first-order chi connectivity index (χ1) is 7.24. The van der Waals surface area contributed by atoms with E-state index in [0.29, 0.717) is 0 Å². The van der Waals surface area contributed by atoms with E-state index in [1.807, 2.05) is 18.2 Å². The molecule has 0 saturated heterocycles. The number of hydrogen-bond acceptors (Lipinski definition) is 2. The molecule has 0 atom stereocenters. The van der Waals surface area contributed by atoms with Crippen molar-refractivity contribution in [1.29, 1.82) is 0 Å². The van der Waals surface area contributed by atoms with E-state index in [1.165, 1.54) is 6.07 Å². The summed E-state index contributed by atoms with van der Waals surface area (Å²) in [7, 11) is 0. The van der Waals surface area contributed by atoms with Crippen molar-refractivity contribution >= 4 is 5.69 Å². The Hall–Kier alpha value is -1.64. The summed E-state index contributed by atoms with van der Waals surface area (Å²) in [6.45, 7) is 3.69. The summed E-state index contributed by atoms with van der Waals surface area (Å²) in [6, 6.07) is 6.76. The topological polar surface area (TPSA) is 43.1 Å². The quantitative estimate of drug-likeness (QED) is 0.419. The van der Waals surface area contributed by atoms with Gasteiger partial charge in [-0.05, 0) is 31.7 Å². The fourth-order valence-corrected chi connectivity index (χ4v) is 1.31. The van der Waals surface area contributed by atoms with Crippen molar-refractivity contribution < 1.29 is 4.92 Å². The van der Waals surface area contributed by atoms with Crippen molar-refractivity contribution in [3.63, 3.8) is 0 Å². The van der Waals surface area contributed by atoms with Crippen LogP contribution in [0.5, 0.6) is 0 Å². The van der Waals surface area contributed by atoms with Crippen molar-refractivity contribution in [3.05, 3.63) is 59.0 Å². The average Bonchev–Trinajstić information content (AvgIpc) is 2.25. The highest BCUT2D eigenvalue weighted by Gasteiger charge is 2.04. The van der Waals surface area contributed by atoms with Crippen LogP contribution in [0.1, 0.15) is 18.4 Å². The molecule has 0 fully saturated rings. The lowest BCUT2D eigenvalue weighted by Gasteiger charge is -1.97. The molecule has 0 aromatic heterocycles. The van der Waals surface area contributed by atoms with Gasteiger partial charge in [0, 0.05) is 12.1 Å². The van der Waals surface area contributed by atoms with E-state index < -0.39 is 0 Å². The van der Waals surface area contributed by atoms with Crippen LogP contribution in [-0.2, 0) is 6.42 Å². The highest BCUT2D eigenvalue weighted by Crippen LogP contribution is 2.14. The third-order valence-corrected chi connectivity index (χ3v) is 2.05. The second-order valence-corrected chi connectivity index (χ2v) is 3.23. The maximum absolute atomic E-state index is 10.5. The van der Waals surface area contributed by atoms with Crippen LogP contribution >= 0.6 is 0 Å². The summed E-state index contributed by atoms with van der Waals surface area (Å²) < 4.78 is 0. The van der Waals surface area contributed by atoms with Crippen molar-refractivity contribution in [3.8, 4) is 0 Å². The lowest BCUT2D eigenvalue weighted by molar-refractivity contribution is -0.384. The lowest BCUT2D eigenvalue weighted by Crippen LogP contribution is -1.90. The fourth-order valence-electron chi connectivity index (χ4n) is 1.31. The molecule has 3 heteroatoms. The zero-order valence-corrected chi connectivity index (χ0v) is 8.56. The van der Waals surface area contributed by atoms with E-state index in [0.717, 1.165) is 24.8 Å². The Kier molecular flexibility index (Phi) is 4.54. The maximum atomic E-state index is 10.5. The number of nitro groups is 1. The van der Waals surface area contributed by atoms with Crippen LogP contribution in [0.2, 0.25) is 0 Å². The van der Waals surface area contributed by atoms with Gasteiger partial charge in [0.1, 0.15) is 0 Å². The normalized spacial score (nSPS) is 10.7. The van der Waals surface area contributed by atoms with Crippen LogP contribution in [0, 0.1) is 17.0 Å². The molecular formula is C12H14NO2. The first-order valence-corrected chi connectivity index (χ1v) is 4.91. The van der Waals surface area contributed by atoms with E-state index >= 15 is 0 Å². The first-order valence-electron chi connectivity index (χ1n) is 4.91. The van der Waals surface area contributed by atoms with Gasteiger partial charge >= 0.3 is 0 Å². The Morgan fingerprint density at radius 2 is 2.20 bits per heavy atom. The van der Waals surface area contributed by atoms with Crippen LogP contribution in [0.3, 0.4) is 0 Å². The molecule has 0 spiro atoms. The molecule has 3 nitrogen and oxygen atoms in total. The molecule has 1 aromatic carbocycles. The minimum atomic E-state index is -0.366. The van der Waals surface area contributed by atoms with E-state index in [-0.39, 0.29) is 10.6 Å². The fraction of sp³-hybridized carbons (Fsp3) is 0.250. The van der Waals surface area contributed by atoms with E-state index in [2.05, 4.69) is 6.92 Å². The van der Waals surface area contributed by atoms with Crippen molar-refractivity contribution in [1.82, 2.24) is 0 Å². The average molecular weight is 204 g/mol. The smallest absolute Gasteiger partial charge is 0.258 e. The molecule has 0 aliphatic carbocycles. The molecule has 15 heavy (non-hydrogen) atoms. The molecule has 0 N–H and O–H groups in total. The SMILES string of the molecule is [CH2]C/C=C/CCc1cccc([N+](=O)[O-])c1. The largest absolute Gasteiger partial charge is 0.269 e. The minimum absolute atomic E-state index is 0.161. The number of aryl methyl sites for hydroxylation is 1. The molecule has 0 unspecified atom stereocenters. The molecular weight excluding hydrogens is 190 g/mol. The number of allylic oxidation sites excluding steroid dienone is 2. The Bertz CT molecular complexity index is 358. The first kappa shape index (κ1) is 11.4. The summed E-state index contributed by atoms with van der Waals surface area (Å²) in [5, 5.41) is 10.5. The van der Waals surface area contributed by atoms with Crippen LogP contribution < -0.4 is 0 Å². The van der Waals surface area contributed by atoms with Crippen molar-refractivity contribution in [2.75, 3.05) is 0 Å². The van der Waals surface area contributed by atoms with Gasteiger partial charge in [-0.2, -0.15) is 0 Å². The van der Waals surface area contributed by atoms with Gasteiger partial charge in [-0.1, -0.05) is 24.3 Å². The molecule has 1 rings (SSSR count). The Morgan fingerprint density at radius 3 is 2.87 bits per heavy atom. The predicted molar refractivity (Wildman–Crippen MR) is 60.5 cm³/mol. The number of nitro benzene ring substituents is 1. The van der Waals surface area contributed by atoms with Gasteiger partial charge in [0.25, 0.3) is 5.69 Å². The van der Waals surface area contributed by atoms with Crippen LogP contribution in [0.25, 0.3) is 0 Å². The molecule has 0 bridgehead atoms. The summed E-state index contributed by atoms with van der Waals surface area (Å²) in [5.74, 6) is 0. The van der Waals surface area contributed by atoms with E-state index in [4.69, 9.17) is 0 Å². The summed E-state index contributed by atoms with van der Waals surface area (Å²) in [6.07, 6.45) is 6.56. The Morgan fingerprint density at radius 1 is 1.40 bits per heavy atom. The third kappa shape index (κ3) is 3.94. The second kappa shape index (κ2) is 5.96. The molecule has 0 aliphatic rings. The number of nitrogens with zero attached hydrogens (tertiary/aromatic N) is 1. The summed E-state index contributed by atoms with van der Waals surface area (Å²) >= 11 is 0. The minimum Gasteiger partial charge on any atom is -0.258 e. The number of non-ortho nitro benzene ring substituents is 1. The van der Waals surface area contributed by atoms with E-state index in [1.54, 1.807) is 12.1 Å². The lowest BCUT2D eigenvalue weighted by atomic mass is 10.1. The molecule has 0 amide bonds. The maximum Gasteiger partial charge on any atom is 0.269 e. The van der Waals surface area contributed by atoms with Gasteiger partial charge in [-0.15, -0.1) is 0 Å². The Labute approximate surface area is 89.6 Å². The predicted octanol–water partition coefficient (Wildman–Crippen LogP) is 3.31. The highest BCUT2D eigenvalue weighted by molar-refractivity contribution is 5.34. The highest BCUT2D eigenvalue weighted by atomic mass is 16.6. The molecule has 0 aliphatic heterocycles. The van der Waals surface area contributed by atoms with Gasteiger partial charge in [-0.3, -0.25) is 10.1 Å². The molecule has 79 valence electrons. The summed E-state index contributed by atoms with van der Waals surface area (Å²) in [4.78, 5) is 10.1. The van der Waals surface area contributed by atoms with Gasteiger partial charge in [0.2, 0.25) is 0 Å².